The zero-order valence-corrected chi connectivity index (χ0v) is 13.4. The molecule has 2 N–H and O–H groups in total. The number of nitrogens with zero attached hydrogens (tertiary/aromatic N) is 1. The van der Waals surface area contributed by atoms with Crippen molar-refractivity contribution in [3.05, 3.63) is 0 Å². The first-order valence-electron chi connectivity index (χ1n) is 7.97. The molecule has 0 amide bonds. The van der Waals surface area contributed by atoms with Crippen LogP contribution in [0.2, 0.25) is 0 Å². The Hall–Kier alpha value is -0.610. The first-order valence-corrected chi connectivity index (χ1v) is 7.97. The van der Waals surface area contributed by atoms with Crippen LogP contribution >= 0.6 is 0 Å². The molecule has 2 rings (SSSR count). The minimum absolute atomic E-state index is 0.318. The largest absolute Gasteiger partial charge is 0.480 e. The molecule has 0 spiro atoms. The number of hydrogen-bond donors (Lipinski definition) is 2. The van der Waals surface area contributed by atoms with Crippen molar-refractivity contribution < 1.29 is 9.90 Å². The van der Waals surface area contributed by atoms with Gasteiger partial charge in [0.05, 0.1) is 0 Å². The van der Waals surface area contributed by atoms with Crippen molar-refractivity contribution in [2.75, 3.05) is 13.1 Å². The van der Waals surface area contributed by atoms with E-state index in [-0.39, 0.29) is 0 Å². The van der Waals surface area contributed by atoms with Crippen molar-refractivity contribution >= 4 is 5.97 Å². The van der Waals surface area contributed by atoms with Gasteiger partial charge in [-0.2, -0.15) is 0 Å². The third-order valence-electron chi connectivity index (χ3n) is 5.05. The van der Waals surface area contributed by atoms with Gasteiger partial charge in [0.15, 0.2) is 0 Å². The van der Waals surface area contributed by atoms with Crippen LogP contribution < -0.4 is 5.32 Å². The van der Waals surface area contributed by atoms with Crippen molar-refractivity contribution in [1.29, 1.82) is 0 Å². The quantitative estimate of drug-likeness (QED) is 0.786. The van der Waals surface area contributed by atoms with E-state index in [1.54, 1.807) is 0 Å². The van der Waals surface area contributed by atoms with Gasteiger partial charge in [0.25, 0.3) is 0 Å². The second-order valence-electron chi connectivity index (χ2n) is 7.81. The summed E-state index contributed by atoms with van der Waals surface area (Å²) in [7, 11) is 0. The normalized spacial score (nSPS) is 27.8. The van der Waals surface area contributed by atoms with Crippen molar-refractivity contribution in [1.82, 2.24) is 10.2 Å². The Labute approximate surface area is 122 Å². The lowest BCUT2D eigenvalue weighted by atomic mass is 9.81. The summed E-state index contributed by atoms with van der Waals surface area (Å²) in [5, 5.41) is 12.9. The van der Waals surface area contributed by atoms with E-state index in [1.807, 2.05) is 6.92 Å². The summed E-state index contributed by atoms with van der Waals surface area (Å²) in [5.41, 5.74) is -0.341. The van der Waals surface area contributed by atoms with E-state index in [1.165, 1.54) is 12.8 Å². The van der Waals surface area contributed by atoms with Crippen LogP contribution in [0.1, 0.15) is 59.8 Å². The van der Waals surface area contributed by atoms with Gasteiger partial charge in [-0.15, -0.1) is 0 Å². The molecule has 0 radical (unpaired) electrons. The van der Waals surface area contributed by atoms with E-state index in [9.17, 15) is 9.90 Å². The summed E-state index contributed by atoms with van der Waals surface area (Å²) in [6.45, 7) is 10.8. The molecule has 2 aliphatic rings. The number of nitrogens with one attached hydrogen (secondary N) is 1. The molecule has 1 aliphatic carbocycles. The molecule has 2 atom stereocenters. The average molecular weight is 282 g/mol. The molecule has 116 valence electrons. The van der Waals surface area contributed by atoms with Gasteiger partial charge in [0.1, 0.15) is 5.54 Å². The average Bonchev–Trinajstić information content (AvgIpc) is 3.12. The smallest absolute Gasteiger partial charge is 0.323 e. The fourth-order valence-corrected chi connectivity index (χ4v) is 3.18. The zero-order chi connectivity index (χ0) is 15.0. The topological polar surface area (TPSA) is 52.6 Å². The molecular formula is C16H30N2O2. The van der Waals surface area contributed by atoms with Gasteiger partial charge in [-0.3, -0.25) is 10.1 Å². The van der Waals surface area contributed by atoms with Crippen molar-refractivity contribution in [3.63, 3.8) is 0 Å². The van der Waals surface area contributed by atoms with Crippen molar-refractivity contribution in [2.24, 2.45) is 5.41 Å². The van der Waals surface area contributed by atoms with Gasteiger partial charge in [0.2, 0.25) is 0 Å². The number of carboxylic acid groups (broad SMARTS) is 1. The lowest BCUT2D eigenvalue weighted by Gasteiger charge is -2.42. The zero-order valence-electron chi connectivity index (χ0n) is 13.4. The Morgan fingerprint density at radius 2 is 1.95 bits per heavy atom. The van der Waals surface area contributed by atoms with E-state index >= 15 is 0 Å². The minimum atomic E-state index is -0.784. The lowest BCUT2D eigenvalue weighted by Crippen LogP contribution is -2.55. The summed E-state index contributed by atoms with van der Waals surface area (Å²) in [6.07, 6.45) is 5.33. The first-order chi connectivity index (χ1) is 9.22. The van der Waals surface area contributed by atoms with E-state index in [0.29, 0.717) is 23.9 Å². The van der Waals surface area contributed by atoms with E-state index in [2.05, 4.69) is 31.0 Å². The highest BCUT2D eigenvalue weighted by Crippen LogP contribution is 2.32. The van der Waals surface area contributed by atoms with Crippen LogP contribution in [0.5, 0.6) is 0 Å². The standard InChI is InChI=1S/C16H30N2O2/c1-12(18-9-7-15(2,3)8-10-18)11-16(4,14(19)20)17-13-5-6-13/h12-13,17H,5-11H2,1-4H3,(H,19,20). The number of aliphatic carboxylic acids is 1. The van der Waals surface area contributed by atoms with Gasteiger partial charge in [-0.25, -0.2) is 0 Å². The number of carbonyl (C=O) groups is 1. The SMILES string of the molecule is CC(CC(C)(NC1CC1)C(=O)O)N1CCC(C)(C)CC1. The first kappa shape index (κ1) is 15.8. The summed E-state index contributed by atoms with van der Waals surface area (Å²) in [4.78, 5) is 14.1. The Bertz CT molecular complexity index is 355. The molecule has 2 fully saturated rings. The highest BCUT2D eigenvalue weighted by molar-refractivity contribution is 5.78. The van der Waals surface area contributed by atoms with Crippen molar-refractivity contribution in [2.45, 2.75) is 77.4 Å². The van der Waals surface area contributed by atoms with Crippen LogP contribution in [0.25, 0.3) is 0 Å². The molecule has 0 aromatic heterocycles. The number of rotatable bonds is 6. The van der Waals surface area contributed by atoms with Crippen molar-refractivity contribution in [3.8, 4) is 0 Å². The molecular weight excluding hydrogens is 252 g/mol. The highest BCUT2D eigenvalue weighted by atomic mass is 16.4. The molecule has 0 aromatic rings. The monoisotopic (exact) mass is 282 g/mol. The van der Waals surface area contributed by atoms with Gasteiger partial charge in [-0.1, -0.05) is 13.8 Å². The summed E-state index contributed by atoms with van der Waals surface area (Å²) >= 11 is 0. The van der Waals surface area contributed by atoms with E-state index in [4.69, 9.17) is 0 Å². The maximum Gasteiger partial charge on any atom is 0.323 e. The van der Waals surface area contributed by atoms with Crippen LogP contribution in [0.15, 0.2) is 0 Å². The fourth-order valence-electron chi connectivity index (χ4n) is 3.18. The third kappa shape index (κ3) is 3.95. The molecule has 1 saturated heterocycles. The van der Waals surface area contributed by atoms with Crippen LogP contribution in [-0.4, -0.2) is 46.7 Å². The predicted octanol–water partition coefficient (Wildman–Crippen LogP) is 2.48. The maximum atomic E-state index is 11.6. The second-order valence-corrected chi connectivity index (χ2v) is 7.81. The maximum absolute atomic E-state index is 11.6. The number of hydrogen-bond acceptors (Lipinski definition) is 3. The van der Waals surface area contributed by atoms with Gasteiger partial charge >= 0.3 is 5.97 Å². The number of carboxylic acids is 1. The van der Waals surface area contributed by atoms with Gasteiger partial charge < -0.3 is 10.0 Å². The van der Waals surface area contributed by atoms with E-state index in [0.717, 1.165) is 25.9 Å². The second kappa shape index (κ2) is 5.64. The summed E-state index contributed by atoms with van der Waals surface area (Å²) in [6, 6.07) is 0.738. The Kier molecular flexibility index (Phi) is 4.45. The third-order valence-corrected chi connectivity index (χ3v) is 5.05. The molecule has 20 heavy (non-hydrogen) atoms. The molecule has 0 bridgehead atoms. The highest BCUT2D eigenvalue weighted by Gasteiger charge is 2.41. The van der Waals surface area contributed by atoms with Crippen LogP contribution in [0.4, 0.5) is 0 Å². The number of piperidine rings is 1. The molecule has 4 nitrogen and oxygen atoms in total. The molecule has 2 unspecified atom stereocenters. The fraction of sp³-hybridized carbons (Fsp3) is 0.938. The molecule has 1 aliphatic heterocycles. The van der Waals surface area contributed by atoms with E-state index < -0.39 is 11.5 Å². The van der Waals surface area contributed by atoms with Gasteiger partial charge in [0, 0.05) is 12.1 Å². The molecule has 1 saturated carbocycles. The molecule has 0 aromatic carbocycles. The summed E-state index contributed by atoms with van der Waals surface area (Å²) < 4.78 is 0. The lowest BCUT2D eigenvalue weighted by molar-refractivity contribution is -0.145. The number of likely N-dealkylation sites (tertiary alicyclic amines) is 1. The summed E-state index contributed by atoms with van der Waals surface area (Å²) in [5.74, 6) is -0.714. The van der Waals surface area contributed by atoms with Crippen LogP contribution in [0, 0.1) is 5.41 Å². The minimum Gasteiger partial charge on any atom is -0.480 e. The van der Waals surface area contributed by atoms with Crippen LogP contribution in [0.3, 0.4) is 0 Å². The Morgan fingerprint density at radius 3 is 2.40 bits per heavy atom. The van der Waals surface area contributed by atoms with Gasteiger partial charge in [-0.05, 0) is 64.5 Å². The molecule has 4 heteroatoms. The Balaban J connectivity index is 1.91. The molecule has 1 heterocycles. The Morgan fingerprint density at radius 1 is 1.40 bits per heavy atom. The van der Waals surface area contributed by atoms with Crippen LogP contribution in [-0.2, 0) is 4.79 Å². The predicted molar refractivity (Wildman–Crippen MR) is 80.9 cm³/mol.